The van der Waals surface area contributed by atoms with Crippen LogP contribution in [0.5, 0.6) is 5.75 Å². The van der Waals surface area contributed by atoms with Crippen molar-refractivity contribution in [2.24, 2.45) is 0 Å². The average Bonchev–Trinajstić information content (AvgIpc) is 2.61. The van der Waals surface area contributed by atoms with E-state index in [0.29, 0.717) is 12.3 Å². The van der Waals surface area contributed by atoms with Gasteiger partial charge in [0.05, 0.1) is 5.69 Å². The first kappa shape index (κ1) is 11.5. The van der Waals surface area contributed by atoms with Crippen molar-refractivity contribution in [1.82, 2.24) is 5.16 Å². The molecular formula is C13H16N2O2. The van der Waals surface area contributed by atoms with E-state index in [1.807, 2.05) is 32.9 Å². The molecule has 90 valence electrons. The van der Waals surface area contributed by atoms with Crippen molar-refractivity contribution in [3.63, 3.8) is 0 Å². The van der Waals surface area contributed by atoms with Gasteiger partial charge in [0, 0.05) is 17.8 Å². The highest BCUT2D eigenvalue weighted by Crippen LogP contribution is 2.21. The SMILES string of the molecule is Cc1cc(NCc2c(C)noc2C)ccc1O. The first-order valence-corrected chi connectivity index (χ1v) is 5.53. The molecule has 0 saturated carbocycles. The van der Waals surface area contributed by atoms with E-state index >= 15 is 0 Å². The maximum atomic E-state index is 9.43. The number of nitrogens with zero attached hydrogens (tertiary/aromatic N) is 1. The molecule has 0 saturated heterocycles. The third-order valence-electron chi connectivity index (χ3n) is 2.85. The van der Waals surface area contributed by atoms with Gasteiger partial charge >= 0.3 is 0 Å². The van der Waals surface area contributed by atoms with Gasteiger partial charge in [0.2, 0.25) is 0 Å². The zero-order valence-electron chi connectivity index (χ0n) is 10.2. The molecule has 0 bridgehead atoms. The van der Waals surface area contributed by atoms with E-state index in [9.17, 15) is 5.11 Å². The highest BCUT2D eigenvalue weighted by atomic mass is 16.5. The van der Waals surface area contributed by atoms with Gasteiger partial charge in [-0.3, -0.25) is 0 Å². The minimum atomic E-state index is 0.313. The van der Waals surface area contributed by atoms with Gasteiger partial charge in [-0.05, 0) is 44.5 Å². The summed E-state index contributed by atoms with van der Waals surface area (Å²) >= 11 is 0. The molecule has 0 fully saturated rings. The maximum Gasteiger partial charge on any atom is 0.138 e. The van der Waals surface area contributed by atoms with Crippen LogP contribution in [0.25, 0.3) is 0 Å². The van der Waals surface area contributed by atoms with Gasteiger partial charge in [0.1, 0.15) is 11.5 Å². The van der Waals surface area contributed by atoms with Gasteiger partial charge < -0.3 is 14.9 Å². The summed E-state index contributed by atoms with van der Waals surface area (Å²) in [5.74, 6) is 1.15. The minimum absolute atomic E-state index is 0.313. The lowest BCUT2D eigenvalue weighted by molar-refractivity contribution is 0.392. The highest BCUT2D eigenvalue weighted by Gasteiger charge is 2.08. The van der Waals surface area contributed by atoms with E-state index in [1.54, 1.807) is 6.07 Å². The summed E-state index contributed by atoms with van der Waals surface area (Å²) in [7, 11) is 0. The van der Waals surface area contributed by atoms with Crippen LogP contribution in [0.4, 0.5) is 5.69 Å². The maximum absolute atomic E-state index is 9.43. The van der Waals surface area contributed by atoms with Crippen molar-refractivity contribution in [2.75, 3.05) is 5.32 Å². The number of benzene rings is 1. The van der Waals surface area contributed by atoms with Crippen LogP contribution < -0.4 is 5.32 Å². The zero-order chi connectivity index (χ0) is 12.4. The number of phenolic OH excluding ortho intramolecular Hbond substituents is 1. The standard InChI is InChI=1S/C13H16N2O2/c1-8-6-11(4-5-13(8)16)14-7-12-9(2)15-17-10(12)3/h4-6,14,16H,7H2,1-3H3. The molecule has 1 heterocycles. The number of phenols is 1. The molecule has 0 aliphatic carbocycles. The van der Waals surface area contributed by atoms with Crippen LogP contribution in [0, 0.1) is 20.8 Å². The molecule has 1 aromatic heterocycles. The van der Waals surface area contributed by atoms with E-state index in [2.05, 4.69) is 10.5 Å². The van der Waals surface area contributed by atoms with Gasteiger partial charge in [-0.15, -0.1) is 0 Å². The minimum Gasteiger partial charge on any atom is -0.508 e. The third kappa shape index (κ3) is 2.41. The van der Waals surface area contributed by atoms with E-state index in [1.165, 1.54) is 0 Å². The number of anilines is 1. The lowest BCUT2D eigenvalue weighted by atomic mass is 10.1. The predicted octanol–water partition coefficient (Wildman–Crippen LogP) is 2.92. The fourth-order valence-electron chi connectivity index (χ4n) is 1.71. The van der Waals surface area contributed by atoms with Crippen molar-refractivity contribution in [3.05, 3.63) is 40.8 Å². The molecule has 0 atom stereocenters. The molecule has 2 aromatic rings. The molecule has 2 N–H and O–H groups in total. The van der Waals surface area contributed by atoms with Gasteiger partial charge in [-0.2, -0.15) is 0 Å². The summed E-state index contributed by atoms with van der Waals surface area (Å²) in [6.45, 7) is 6.37. The van der Waals surface area contributed by atoms with E-state index in [4.69, 9.17) is 4.52 Å². The van der Waals surface area contributed by atoms with Gasteiger partial charge in [0.15, 0.2) is 0 Å². The summed E-state index contributed by atoms with van der Waals surface area (Å²) < 4.78 is 5.10. The number of hydrogen-bond donors (Lipinski definition) is 2. The second kappa shape index (κ2) is 4.49. The molecule has 4 heteroatoms. The highest BCUT2D eigenvalue weighted by molar-refractivity contribution is 5.50. The molecule has 1 aromatic carbocycles. The van der Waals surface area contributed by atoms with Crippen molar-refractivity contribution < 1.29 is 9.63 Å². The van der Waals surface area contributed by atoms with Crippen LogP contribution in [-0.4, -0.2) is 10.3 Å². The Labute approximate surface area is 100 Å². The second-order valence-corrected chi connectivity index (χ2v) is 4.16. The molecule has 0 spiro atoms. The number of hydrogen-bond acceptors (Lipinski definition) is 4. The first-order chi connectivity index (χ1) is 8.08. The Morgan fingerprint density at radius 1 is 1.29 bits per heavy atom. The average molecular weight is 232 g/mol. The van der Waals surface area contributed by atoms with E-state index in [0.717, 1.165) is 28.3 Å². The fraction of sp³-hybridized carbons (Fsp3) is 0.308. The largest absolute Gasteiger partial charge is 0.508 e. The number of nitrogens with one attached hydrogen (secondary N) is 1. The molecule has 0 radical (unpaired) electrons. The molecule has 0 aliphatic rings. The normalized spacial score (nSPS) is 10.5. The second-order valence-electron chi connectivity index (χ2n) is 4.16. The van der Waals surface area contributed by atoms with Crippen molar-refractivity contribution >= 4 is 5.69 Å². The Hall–Kier alpha value is -1.97. The van der Waals surface area contributed by atoms with Crippen molar-refractivity contribution in [3.8, 4) is 5.75 Å². The summed E-state index contributed by atoms with van der Waals surface area (Å²) in [4.78, 5) is 0. The van der Waals surface area contributed by atoms with E-state index < -0.39 is 0 Å². The lowest BCUT2D eigenvalue weighted by Crippen LogP contribution is -2.01. The summed E-state index contributed by atoms with van der Waals surface area (Å²) in [6, 6.07) is 5.44. The van der Waals surface area contributed by atoms with Crippen LogP contribution in [0.3, 0.4) is 0 Å². The van der Waals surface area contributed by atoms with Crippen molar-refractivity contribution in [1.29, 1.82) is 0 Å². The lowest BCUT2D eigenvalue weighted by Gasteiger charge is -2.07. The van der Waals surface area contributed by atoms with Crippen molar-refractivity contribution in [2.45, 2.75) is 27.3 Å². The fourth-order valence-corrected chi connectivity index (χ4v) is 1.71. The molecule has 0 unspecified atom stereocenters. The molecule has 17 heavy (non-hydrogen) atoms. The summed E-state index contributed by atoms with van der Waals surface area (Å²) in [5.41, 5.74) is 3.82. The Kier molecular flexibility index (Phi) is 3.04. The number of aryl methyl sites for hydroxylation is 3. The number of aromatic nitrogens is 1. The summed E-state index contributed by atoms with van der Waals surface area (Å²) in [5, 5.41) is 16.6. The smallest absolute Gasteiger partial charge is 0.138 e. The Morgan fingerprint density at radius 2 is 2.06 bits per heavy atom. The predicted molar refractivity (Wildman–Crippen MR) is 66.1 cm³/mol. The van der Waals surface area contributed by atoms with Crippen LogP contribution in [-0.2, 0) is 6.54 Å². The molecule has 0 amide bonds. The molecule has 4 nitrogen and oxygen atoms in total. The summed E-state index contributed by atoms with van der Waals surface area (Å²) in [6.07, 6.45) is 0. The third-order valence-corrected chi connectivity index (χ3v) is 2.85. The Morgan fingerprint density at radius 3 is 2.65 bits per heavy atom. The Bertz CT molecular complexity index is 513. The number of aromatic hydroxyl groups is 1. The Balaban J connectivity index is 2.10. The van der Waals surface area contributed by atoms with Crippen LogP contribution in [0.15, 0.2) is 22.7 Å². The monoisotopic (exact) mass is 232 g/mol. The van der Waals surface area contributed by atoms with Crippen LogP contribution in [0.2, 0.25) is 0 Å². The molecule has 2 rings (SSSR count). The van der Waals surface area contributed by atoms with Crippen LogP contribution >= 0.6 is 0 Å². The molecule has 0 aliphatic heterocycles. The van der Waals surface area contributed by atoms with Gasteiger partial charge in [-0.1, -0.05) is 5.16 Å². The van der Waals surface area contributed by atoms with E-state index in [-0.39, 0.29) is 0 Å². The van der Waals surface area contributed by atoms with Crippen LogP contribution in [0.1, 0.15) is 22.6 Å². The molecular weight excluding hydrogens is 216 g/mol. The van der Waals surface area contributed by atoms with Gasteiger partial charge in [0.25, 0.3) is 0 Å². The topological polar surface area (TPSA) is 58.3 Å². The first-order valence-electron chi connectivity index (χ1n) is 5.53. The number of rotatable bonds is 3. The zero-order valence-corrected chi connectivity index (χ0v) is 10.2. The quantitative estimate of drug-likeness (QED) is 0.799. The van der Waals surface area contributed by atoms with Gasteiger partial charge in [-0.25, -0.2) is 0 Å².